The van der Waals surface area contributed by atoms with Crippen molar-refractivity contribution in [2.45, 2.75) is 37.6 Å². The largest absolute Gasteiger partial charge is 0.497 e. The minimum Gasteiger partial charge on any atom is -0.497 e. The smallest absolute Gasteiger partial charge is 0.237 e. The van der Waals surface area contributed by atoms with Crippen LogP contribution in [0.15, 0.2) is 71.9 Å². The van der Waals surface area contributed by atoms with Crippen molar-refractivity contribution in [1.29, 1.82) is 0 Å². The number of aromatic nitrogens is 2. The second-order valence-electron chi connectivity index (χ2n) is 8.47. The van der Waals surface area contributed by atoms with Crippen LogP contribution in [-0.2, 0) is 4.79 Å². The van der Waals surface area contributed by atoms with E-state index in [2.05, 4.69) is 10.3 Å². The number of benzene rings is 3. The molecule has 7 heteroatoms. The highest BCUT2D eigenvalue weighted by Gasteiger charge is 2.23. The second-order valence-corrected chi connectivity index (χ2v) is 9.67. The zero-order chi connectivity index (χ0) is 25.7. The third kappa shape index (κ3) is 5.57. The van der Waals surface area contributed by atoms with Crippen LogP contribution in [0.4, 0.5) is 5.69 Å². The molecular formula is C29H31N3O3S. The molecule has 4 rings (SSSR count). The van der Waals surface area contributed by atoms with Crippen LogP contribution < -0.4 is 14.8 Å². The molecule has 36 heavy (non-hydrogen) atoms. The summed E-state index contributed by atoms with van der Waals surface area (Å²) in [6.07, 6.45) is 0.664. The lowest BCUT2D eigenvalue weighted by Crippen LogP contribution is -2.25. The van der Waals surface area contributed by atoms with E-state index in [9.17, 15) is 4.79 Å². The molecule has 0 aliphatic heterocycles. The molecule has 0 saturated heterocycles. The number of nitrogens with zero attached hydrogens (tertiary/aromatic N) is 1. The lowest BCUT2D eigenvalue weighted by molar-refractivity contribution is -0.115. The van der Waals surface area contributed by atoms with E-state index in [1.165, 1.54) is 11.8 Å². The normalized spacial score (nSPS) is 11.7. The number of ether oxygens (including phenoxy) is 2. The van der Waals surface area contributed by atoms with Gasteiger partial charge in [0.15, 0.2) is 5.16 Å². The Hall–Kier alpha value is -3.71. The van der Waals surface area contributed by atoms with Crippen LogP contribution in [0.1, 0.15) is 24.5 Å². The number of H-pyrrole nitrogens is 1. The van der Waals surface area contributed by atoms with Crippen molar-refractivity contribution < 1.29 is 14.3 Å². The van der Waals surface area contributed by atoms with Gasteiger partial charge in [0, 0.05) is 16.8 Å². The number of anilines is 1. The van der Waals surface area contributed by atoms with Crippen molar-refractivity contribution in [1.82, 2.24) is 9.97 Å². The van der Waals surface area contributed by atoms with Crippen LogP contribution in [0.3, 0.4) is 0 Å². The Balaban J connectivity index is 1.65. The monoisotopic (exact) mass is 501 g/mol. The zero-order valence-electron chi connectivity index (χ0n) is 21.2. The molecule has 4 aromatic rings. The number of hydrogen-bond donors (Lipinski definition) is 2. The first-order valence-electron chi connectivity index (χ1n) is 11.9. The highest BCUT2D eigenvalue weighted by molar-refractivity contribution is 8.00. The molecule has 186 valence electrons. The van der Waals surface area contributed by atoms with Gasteiger partial charge in [-0.25, -0.2) is 4.98 Å². The van der Waals surface area contributed by atoms with Gasteiger partial charge in [-0.3, -0.25) is 4.79 Å². The number of thioether (sulfide) groups is 1. The number of imidazole rings is 1. The first-order chi connectivity index (χ1) is 17.4. The third-order valence-electron chi connectivity index (χ3n) is 6.20. The van der Waals surface area contributed by atoms with E-state index < -0.39 is 0 Å². The van der Waals surface area contributed by atoms with Gasteiger partial charge < -0.3 is 19.8 Å². The summed E-state index contributed by atoms with van der Waals surface area (Å²) in [5.41, 5.74) is 6.70. The summed E-state index contributed by atoms with van der Waals surface area (Å²) in [4.78, 5) is 21.6. The molecule has 0 radical (unpaired) electrons. The number of amides is 1. The van der Waals surface area contributed by atoms with Crippen LogP contribution in [0.2, 0.25) is 0 Å². The lowest BCUT2D eigenvalue weighted by atomic mass is 10.0. The molecule has 1 heterocycles. The zero-order valence-corrected chi connectivity index (χ0v) is 22.0. The Bertz CT molecular complexity index is 1270. The van der Waals surface area contributed by atoms with Crippen molar-refractivity contribution in [3.05, 3.63) is 77.9 Å². The number of aromatic amines is 1. The summed E-state index contributed by atoms with van der Waals surface area (Å²) in [5, 5.41) is 3.49. The van der Waals surface area contributed by atoms with E-state index in [0.717, 1.165) is 50.8 Å². The van der Waals surface area contributed by atoms with Gasteiger partial charge in [0.2, 0.25) is 5.91 Å². The standard InChI is InChI=1S/C29H31N3O3S/c1-6-25(28(33)30-24-9-7-8-18(2)19(24)3)36-29-31-26(20-10-14-22(34-4)15-11-20)27(32-29)21-12-16-23(35-5)17-13-21/h7-17,25H,6H2,1-5H3,(H,30,33)(H,31,32). The fourth-order valence-corrected chi connectivity index (χ4v) is 4.80. The lowest BCUT2D eigenvalue weighted by Gasteiger charge is -2.15. The van der Waals surface area contributed by atoms with Gasteiger partial charge in [-0.05, 0) is 86.0 Å². The van der Waals surface area contributed by atoms with Gasteiger partial charge in [0.05, 0.1) is 30.9 Å². The number of carbonyl (C=O) groups excluding carboxylic acids is 1. The molecule has 1 unspecified atom stereocenters. The van der Waals surface area contributed by atoms with Crippen molar-refractivity contribution >= 4 is 23.4 Å². The minimum absolute atomic E-state index is 0.0374. The summed E-state index contributed by atoms with van der Waals surface area (Å²) in [5.74, 6) is 1.53. The molecule has 0 aliphatic carbocycles. The molecule has 3 aromatic carbocycles. The van der Waals surface area contributed by atoms with Gasteiger partial charge in [0.25, 0.3) is 0 Å². The number of rotatable bonds is 9. The van der Waals surface area contributed by atoms with E-state index in [-0.39, 0.29) is 11.2 Å². The van der Waals surface area contributed by atoms with Gasteiger partial charge >= 0.3 is 0 Å². The number of nitrogens with one attached hydrogen (secondary N) is 2. The van der Waals surface area contributed by atoms with Crippen molar-refractivity contribution in [2.24, 2.45) is 0 Å². The first-order valence-corrected chi connectivity index (χ1v) is 12.7. The number of methoxy groups -OCH3 is 2. The highest BCUT2D eigenvalue weighted by Crippen LogP contribution is 2.36. The molecule has 2 N–H and O–H groups in total. The molecule has 0 saturated carbocycles. The summed E-state index contributed by atoms with van der Waals surface area (Å²) in [7, 11) is 3.30. The van der Waals surface area contributed by atoms with Gasteiger partial charge in [0.1, 0.15) is 11.5 Å². The average Bonchev–Trinajstić information content (AvgIpc) is 3.33. The fourth-order valence-electron chi connectivity index (χ4n) is 3.89. The Kier molecular flexibility index (Phi) is 8.00. The van der Waals surface area contributed by atoms with Crippen molar-refractivity contribution in [2.75, 3.05) is 19.5 Å². The molecule has 1 aromatic heterocycles. The Labute approximate surface area is 216 Å². The van der Waals surface area contributed by atoms with E-state index in [4.69, 9.17) is 14.5 Å². The van der Waals surface area contributed by atoms with E-state index in [1.807, 2.05) is 87.5 Å². The molecule has 0 spiro atoms. The summed E-state index contributed by atoms with van der Waals surface area (Å²) < 4.78 is 10.6. The molecule has 6 nitrogen and oxygen atoms in total. The van der Waals surface area contributed by atoms with Crippen LogP contribution in [0.5, 0.6) is 11.5 Å². The predicted octanol–water partition coefficient (Wildman–Crippen LogP) is 6.89. The Morgan fingerprint density at radius 2 is 1.56 bits per heavy atom. The third-order valence-corrected chi connectivity index (χ3v) is 7.45. The van der Waals surface area contributed by atoms with Crippen LogP contribution in [0.25, 0.3) is 22.5 Å². The van der Waals surface area contributed by atoms with Crippen LogP contribution in [-0.4, -0.2) is 35.3 Å². The second kappa shape index (κ2) is 11.4. The topological polar surface area (TPSA) is 76.2 Å². The molecular weight excluding hydrogens is 470 g/mol. The maximum atomic E-state index is 13.2. The maximum absolute atomic E-state index is 13.2. The molecule has 1 amide bonds. The van der Waals surface area contributed by atoms with Crippen molar-refractivity contribution in [3.63, 3.8) is 0 Å². The van der Waals surface area contributed by atoms with Crippen LogP contribution in [0, 0.1) is 13.8 Å². The maximum Gasteiger partial charge on any atom is 0.237 e. The number of aryl methyl sites for hydroxylation is 1. The molecule has 0 aliphatic rings. The molecule has 0 fully saturated rings. The van der Waals surface area contributed by atoms with E-state index >= 15 is 0 Å². The Morgan fingerprint density at radius 3 is 2.14 bits per heavy atom. The summed E-state index contributed by atoms with van der Waals surface area (Å²) in [6, 6.07) is 21.6. The van der Waals surface area contributed by atoms with Crippen LogP contribution >= 0.6 is 11.8 Å². The predicted molar refractivity (Wildman–Crippen MR) is 147 cm³/mol. The highest BCUT2D eigenvalue weighted by atomic mass is 32.2. The number of hydrogen-bond acceptors (Lipinski definition) is 5. The minimum atomic E-state index is -0.302. The van der Waals surface area contributed by atoms with E-state index in [1.54, 1.807) is 14.2 Å². The number of carbonyl (C=O) groups is 1. The summed E-state index contributed by atoms with van der Waals surface area (Å²) in [6.45, 7) is 6.08. The van der Waals surface area contributed by atoms with Gasteiger partial charge in [-0.1, -0.05) is 30.8 Å². The van der Waals surface area contributed by atoms with Gasteiger partial charge in [-0.2, -0.15) is 0 Å². The first kappa shape index (κ1) is 25.4. The molecule has 0 bridgehead atoms. The quantitative estimate of drug-likeness (QED) is 0.244. The Morgan fingerprint density at radius 1 is 0.944 bits per heavy atom. The molecule has 1 atom stereocenters. The van der Waals surface area contributed by atoms with E-state index in [0.29, 0.717) is 11.6 Å². The fraction of sp³-hybridized carbons (Fsp3) is 0.241. The average molecular weight is 502 g/mol. The summed E-state index contributed by atoms with van der Waals surface area (Å²) >= 11 is 1.44. The van der Waals surface area contributed by atoms with Gasteiger partial charge in [-0.15, -0.1) is 0 Å². The SMILES string of the molecule is CCC(Sc1nc(-c2ccc(OC)cc2)c(-c2ccc(OC)cc2)[nH]1)C(=O)Nc1cccc(C)c1C. The van der Waals surface area contributed by atoms with Crippen molar-refractivity contribution in [3.8, 4) is 34.0 Å².